The van der Waals surface area contributed by atoms with Crippen molar-refractivity contribution in [3.8, 4) is 0 Å². The minimum atomic E-state index is -0.359. The summed E-state index contributed by atoms with van der Waals surface area (Å²) in [5.74, 6) is -0.417. The molecule has 0 amide bonds. The van der Waals surface area contributed by atoms with Crippen molar-refractivity contribution in [2.75, 3.05) is 12.9 Å². The largest absolute Gasteiger partial charge is 0.468 e. The average Bonchev–Trinajstić information content (AvgIpc) is 2.70. The Morgan fingerprint density at radius 3 is 2.41 bits per heavy atom. The van der Waals surface area contributed by atoms with E-state index in [0.29, 0.717) is 14.6 Å². The third-order valence-electron chi connectivity index (χ3n) is 1.97. The molecule has 0 N–H and O–H groups in total. The molecule has 0 aliphatic carbocycles. The number of thiophene rings is 1. The van der Waals surface area contributed by atoms with E-state index < -0.39 is 0 Å². The van der Waals surface area contributed by atoms with Gasteiger partial charge in [-0.25, -0.2) is 0 Å². The molecule has 0 spiro atoms. The van der Waals surface area contributed by atoms with Crippen molar-refractivity contribution in [2.45, 2.75) is 18.1 Å². The molecule has 0 aliphatic heterocycles. The highest BCUT2D eigenvalue weighted by atomic mass is 32.2. The highest BCUT2D eigenvalue weighted by Gasteiger charge is 2.16. The number of hydrogen-bond donors (Lipinski definition) is 0. The summed E-state index contributed by atoms with van der Waals surface area (Å²) in [4.78, 5) is 34.2. The number of ether oxygens (including phenoxy) is 1. The molecule has 1 aromatic heterocycles. The molecular weight excluding hydrogens is 260 g/mol. The molecule has 1 heterocycles. The van der Waals surface area contributed by atoms with Gasteiger partial charge in [0.15, 0.2) is 11.6 Å². The fourth-order valence-electron chi connectivity index (χ4n) is 1.08. The molecule has 0 radical (unpaired) electrons. The molecule has 1 rings (SSSR count). The van der Waals surface area contributed by atoms with Crippen LogP contribution >= 0.6 is 23.1 Å². The summed E-state index contributed by atoms with van der Waals surface area (Å²) >= 11 is 2.45. The van der Waals surface area contributed by atoms with Crippen LogP contribution in [0.5, 0.6) is 0 Å². The molecule has 0 fully saturated rings. The predicted molar refractivity (Wildman–Crippen MR) is 67.1 cm³/mol. The smallest absolute Gasteiger partial charge is 0.316 e. The molecule has 0 saturated carbocycles. The van der Waals surface area contributed by atoms with Crippen molar-refractivity contribution in [1.82, 2.24) is 0 Å². The molecule has 0 bridgehead atoms. The Bertz CT molecular complexity index is 462. The van der Waals surface area contributed by atoms with Crippen molar-refractivity contribution >= 4 is 40.6 Å². The third-order valence-corrected chi connectivity index (χ3v) is 4.47. The fourth-order valence-corrected chi connectivity index (χ4v) is 3.32. The molecule has 0 saturated heterocycles. The van der Waals surface area contributed by atoms with Gasteiger partial charge in [0.05, 0.1) is 21.9 Å². The van der Waals surface area contributed by atoms with E-state index in [0.717, 1.165) is 0 Å². The minimum Gasteiger partial charge on any atom is -0.468 e. The first-order valence-electron chi connectivity index (χ1n) is 4.81. The summed E-state index contributed by atoms with van der Waals surface area (Å²) in [6.07, 6.45) is 0. The van der Waals surface area contributed by atoms with Gasteiger partial charge in [-0.05, 0) is 19.9 Å². The number of methoxy groups -OCH3 is 1. The Kier molecular flexibility index (Phi) is 4.89. The van der Waals surface area contributed by atoms with Crippen LogP contribution in [0.15, 0.2) is 10.3 Å². The summed E-state index contributed by atoms with van der Waals surface area (Å²) in [5, 5.41) is 0. The first-order chi connectivity index (χ1) is 7.95. The van der Waals surface area contributed by atoms with Crippen molar-refractivity contribution in [2.24, 2.45) is 0 Å². The van der Waals surface area contributed by atoms with Crippen molar-refractivity contribution in [3.05, 3.63) is 16.5 Å². The van der Waals surface area contributed by atoms with Gasteiger partial charge < -0.3 is 4.74 Å². The predicted octanol–water partition coefficient (Wildman–Crippen LogP) is 2.42. The maximum atomic E-state index is 11.4. The van der Waals surface area contributed by atoms with E-state index in [2.05, 4.69) is 4.74 Å². The van der Waals surface area contributed by atoms with E-state index in [1.807, 2.05) is 0 Å². The van der Waals surface area contributed by atoms with E-state index in [4.69, 9.17) is 0 Å². The van der Waals surface area contributed by atoms with Gasteiger partial charge in [0.1, 0.15) is 0 Å². The van der Waals surface area contributed by atoms with Gasteiger partial charge in [-0.2, -0.15) is 0 Å². The van der Waals surface area contributed by atoms with E-state index in [9.17, 15) is 14.4 Å². The fraction of sp³-hybridized carbons (Fsp3) is 0.364. The summed E-state index contributed by atoms with van der Waals surface area (Å²) in [5.41, 5.74) is 0.495. The van der Waals surface area contributed by atoms with Gasteiger partial charge in [-0.15, -0.1) is 23.1 Å². The van der Waals surface area contributed by atoms with Crippen LogP contribution < -0.4 is 0 Å². The average molecular weight is 272 g/mol. The van der Waals surface area contributed by atoms with Crippen LogP contribution in [0.3, 0.4) is 0 Å². The second-order valence-electron chi connectivity index (χ2n) is 3.29. The molecule has 4 nitrogen and oxygen atoms in total. The molecule has 17 heavy (non-hydrogen) atoms. The lowest BCUT2D eigenvalue weighted by atomic mass is 10.2. The Morgan fingerprint density at radius 2 is 1.94 bits per heavy atom. The van der Waals surface area contributed by atoms with E-state index in [1.54, 1.807) is 6.07 Å². The SMILES string of the molecule is COC(=O)CSc1sc(C(C)=O)cc1C(C)=O. The third kappa shape index (κ3) is 3.67. The molecule has 92 valence electrons. The Balaban J connectivity index is 2.92. The molecule has 0 aliphatic rings. The normalized spacial score (nSPS) is 10.1. The van der Waals surface area contributed by atoms with Crippen LogP contribution in [0.1, 0.15) is 33.9 Å². The van der Waals surface area contributed by atoms with Gasteiger partial charge in [-0.1, -0.05) is 0 Å². The number of carbonyl (C=O) groups excluding carboxylic acids is 3. The number of thioether (sulfide) groups is 1. The van der Waals surface area contributed by atoms with Gasteiger partial charge in [0.25, 0.3) is 0 Å². The molecule has 6 heteroatoms. The monoisotopic (exact) mass is 272 g/mol. The van der Waals surface area contributed by atoms with Crippen LogP contribution in [0.4, 0.5) is 0 Å². The Labute approximate surface area is 107 Å². The van der Waals surface area contributed by atoms with Crippen LogP contribution in [0.25, 0.3) is 0 Å². The number of hydrogen-bond acceptors (Lipinski definition) is 6. The standard InChI is InChI=1S/C11H12O4S2/c1-6(12)8-4-9(7(2)13)17-11(8)16-5-10(14)15-3/h4H,5H2,1-3H3. The number of ketones is 2. The van der Waals surface area contributed by atoms with Gasteiger partial charge in [0, 0.05) is 5.56 Å². The van der Waals surface area contributed by atoms with Crippen LogP contribution in [-0.4, -0.2) is 30.4 Å². The number of rotatable bonds is 5. The highest BCUT2D eigenvalue weighted by molar-refractivity contribution is 8.01. The summed E-state index contributed by atoms with van der Waals surface area (Å²) in [6.45, 7) is 2.89. The lowest BCUT2D eigenvalue weighted by Crippen LogP contribution is -2.03. The zero-order valence-electron chi connectivity index (χ0n) is 9.73. The van der Waals surface area contributed by atoms with Crippen LogP contribution in [0, 0.1) is 0 Å². The van der Waals surface area contributed by atoms with Crippen molar-refractivity contribution < 1.29 is 19.1 Å². The van der Waals surface area contributed by atoms with Crippen molar-refractivity contribution in [1.29, 1.82) is 0 Å². The topological polar surface area (TPSA) is 60.4 Å². The lowest BCUT2D eigenvalue weighted by Gasteiger charge is -1.99. The van der Waals surface area contributed by atoms with Gasteiger partial charge in [-0.3, -0.25) is 14.4 Å². The summed E-state index contributed by atoms with van der Waals surface area (Å²) < 4.78 is 5.21. The number of carbonyl (C=O) groups is 3. The highest BCUT2D eigenvalue weighted by Crippen LogP contribution is 2.32. The minimum absolute atomic E-state index is 0.0811. The second kappa shape index (κ2) is 5.97. The summed E-state index contributed by atoms with van der Waals surface area (Å²) in [7, 11) is 1.31. The second-order valence-corrected chi connectivity index (χ2v) is 5.59. The zero-order chi connectivity index (χ0) is 13.0. The maximum absolute atomic E-state index is 11.4. The molecule has 0 unspecified atom stereocenters. The van der Waals surface area contributed by atoms with E-state index in [1.165, 1.54) is 44.1 Å². The van der Waals surface area contributed by atoms with Gasteiger partial charge >= 0.3 is 5.97 Å². The molecule has 0 atom stereocenters. The van der Waals surface area contributed by atoms with Crippen LogP contribution in [0.2, 0.25) is 0 Å². The first-order valence-corrected chi connectivity index (χ1v) is 6.61. The van der Waals surface area contributed by atoms with Gasteiger partial charge in [0.2, 0.25) is 0 Å². The maximum Gasteiger partial charge on any atom is 0.316 e. The summed E-state index contributed by atoms with van der Waals surface area (Å²) in [6, 6.07) is 1.58. The molecule has 0 aromatic carbocycles. The first kappa shape index (κ1) is 13.9. The van der Waals surface area contributed by atoms with E-state index in [-0.39, 0.29) is 23.3 Å². The Hall–Kier alpha value is -1.14. The van der Waals surface area contributed by atoms with Crippen molar-refractivity contribution in [3.63, 3.8) is 0 Å². The quantitative estimate of drug-likeness (QED) is 0.468. The zero-order valence-corrected chi connectivity index (χ0v) is 11.4. The van der Waals surface area contributed by atoms with E-state index >= 15 is 0 Å². The number of esters is 1. The van der Waals surface area contributed by atoms with Crippen LogP contribution in [-0.2, 0) is 9.53 Å². The lowest BCUT2D eigenvalue weighted by molar-refractivity contribution is -0.137. The number of Topliss-reactive ketones (excluding diaryl/α,β-unsaturated/α-hetero) is 2. The molecular formula is C11H12O4S2. The Morgan fingerprint density at radius 1 is 1.29 bits per heavy atom. The molecule has 1 aromatic rings.